The second kappa shape index (κ2) is 11.7. The molecule has 4 rings (SSSR count). The predicted octanol–water partition coefficient (Wildman–Crippen LogP) is 4.75. The van der Waals surface area contributed by atoms with Crippen LogP contribution >= 0.6 is 22.9 Å². The Hall–Kier alpha value is -3.76. The second-order valence-electron chi connectivity index (χ2n) is 9.68. The first kappa shape index (κ1) is 27.3. The molecule has 0 spiro atoms. The van der Waals surface area contributed by atoms with Gasteiger partial charge in [-0.1, -0.05) is 29.8 Å². The molecule has 0 saturated heterocycles. The van der Waals surface area contributed by atoms with Gasteiger partial charge in [-0.15, -0.1) is 21.5 Å². The summed E-state index contributed by atoms with van der Waals surface area (Å²) in [6, 6.07) is 17.3. The minimum atomic E-state index is -0.844. The van der Waals surface area contributed by atoms with Crippen LogP contribution in [0.15, 0.2) is 66.0 Å². The van der Waals surface area contributed by atoms with Crippen LogP contribution in [0, 0.1) is 0 Å². The van der Waals surface area contributed by atoms with Crippen LogP contribution in [0.2, 0.25) is 5.02 Å². The molecule has 0 aliphatic heterocycles. The number of nitrogens with one attached hydrogen (secondary N) is 1. The maximum atomic E-state index is 13.8. The molecule has 38 heavy (non-hydrogen) atoms. The Morgan fingerprint density at radius 2 is 1.82 bits per heavy atom. The minimum Gasteiger partial charge on any atom is -0.497 e. The van der Waals surface area contributed by atoms with Crippen LogP contribution in [-0.2, 0) is 22.7 Å². The highest BCUT2D eigenvalue weighted by molar-refractivity contribution is 7.10. The number of halogens is 1. The van der Waals surface area contributed by atoms with Crippen LogP contribution in [0.4, 0.5) is 0 Å². The molecule has 0 fully saturated rings. The molecule has 0 aliphatic carbocycles. The summed E-state index contributed by atoms with van der Waals surface area (Å²) in [7, 11) is 1.60. The Bertz CT molecular complexity index is 1370. The standard InChI is InChI=1S/C27H29ClN6O3S/c1-27(2,3)29-26(36)24(22-6-5-15-38-22)33(16-18-7-13-21(37-4)14-8-18)23(35)17-34-31-25(30-32-34)19-9-11-20(28)12-10-19/h5-15,24H,16-17H2,1-4H3,(H,29,36)/t24-/m0/s1. The maximum Gasteiger partial charge on any atom is 0.248 e. The first-order chi connectivity index (χ1) is 18.1. The van der Waals surface area contributed by atoms with Crippen LogP contribution in [-0.4, -0.2) is 49.6 Å². The van der Waals surface area contributed by atoms with Crippen LogP contribution in [0.25, 0.3) is 11.4 Å². The number of ether oxygens (including phenoxy) is 1. The highest BCUT2D eigenvalue weighted by atomic mass is 35.5. The summed E-state index contributed by atoms with van der Waals surface area (Å²) in [4.78, 5) is 30.9. The summed E-state index contributed by atoms with van der Waals surface area (Å²) in [5, 5.41) is 18.1. The highest BCUT2D eigenvalue weighted by Crippen LogP contribution is 2.29. The zero-order valence-corrected chi connectivity index (χ0v) is 23.2. The van der Waals surface area contributed by atoms with E-state index in [0.29, 0.717) is 16.6 Å². The SMILES string of the molecule is COc1ccc(CN(C(=O)Cn2nnc(-c3ccc(Cl)cc3)n2)[C@H](C(=O)NC(C)(C)C)c2cccs2)cc1. The quantitative estimate of drug-likeness (QED) is 0.321. The summed E-state index contributed by atoms with van der Waals surface area (Å²) in [5.41, 5.74) is 1.09. The topological polar surface area (TPSA) is 102 Å². The van der Waals surface area contributed by atoms with E-state index in [0.717, 1.165) is 16.0 Å². The molecule has 11 heteroatoms. The monoisotopic (exact) mass is 552 g/mol. The normalized spacial score (nSPS) is 12.1. The van der Waals surface area contributed by atoms with Gasteiger partial charge in [0.15, 0.2) is 0 Å². The average Bonchev–Trinajstić information content (AvgIpc) is 3.56. The maximum absolute atomic E-state index is 13.8. The van der Waals surface area contributed by atoms with Crippen molar-refractivity contribution in [2.45, 2.75) is 45.4 Å². The molecule has 4 aromatic rings. The summed E-state index contributed by atoms with van der Waals surface area (Å²) in [5.74, 6) is 0.475. The van der Waals surface area contributed by atoms with Gasteiger partial charge >= 0.3 is 0 Å². The zero-order valence-electron chi connectivity index (χ0n) is 21.6. The van der Waals surface area contributed by atoms with E-state index in [9.17, 15) is 9.59 Å². The third-order valence-electron chi connectivity index (χ3n) is 5.54. The molecule has 9 nitrogen and oxygen atoms in total. The highest BCUT2D eigenvalue weighted by Gasteiger charge is 2.34. The van der Waals surface area contributed by atoms with Crippen molar-refractivity contribution in [2.24, 2.45) is 0 Å². The van der Waals surface area contributed by atoms with Gasteiger partial charge in [0.2, 0.25) is 17.6 Å². The molecular weight excluding hydrogens is 524 g/mol. The number of nitrogens with zero attached hydrogens (tertiary/aromatic N) is 5. The van der Waals surface area contributed by atoms with Gasteiger partial charge in [-0.2, -0.15) is 4.80 Å². The molecule has 0 aliphatic rings. The number of benzene rings is 2. The fourth-order valence-electron chi connectivity index (χ4n) is 3.80. The largest absolute Gasteiger partial charge is 0.497 e. The van der Waals surface area contributed by atoms with Crippen LogP contribution in [0.5, 0.6) is 5.75 Å². The van der Waals surface area contributed by atoms with Crippen LogP contribution in [0.1, 0.15) is 37.3 Å². The van der Waals surface area contributed by atoms with E-state index >= 15 is 0 Å². The number of hydrogen-bond acceptors (Lipinski definition) is 7. The molecule has 2 aromatic carbocycles. The summed E-state index contributed by atoms with van der Waals surface area (Å²) in [6.45, 7) is 5.72. The van der Waals surface area contributed by atoms with Crippen LogP contribution in [0.3, 0.4) is 0 Å². The number of amides is 2. The predicted molar refractivity (Wildman–Crippen MR) is 147 cm³/mol. The van der Waals surface area contributed by atoms with Crippen molar-refractivity contribution in [2.75, 3.05) is 7.11 Å². The lowest BCUT2D eigenvalue weighted by Crippen LogP contribution is -2.49. The first-order valence-corrected chi connectivity index (χ1v) is 13.2. The van der Waals surface area contributed by atoms with E-state index in [1.165, 1.54) is 16.1 Å². The number of hydrogen-bond donors (Lipinski definition) is 1. The number of carbonyl (C=O) groups excluding carboxylic acids is 2. The summed E-state index contributed by atoms with van der Waals surface area (Å²) in [6.07, 6.45) is 0. The lowest BCUT2D eigenvalue weighted by molar-refractivity contribution is -0.143. The molecule has 0 bridgehead atoms. The Morgan fingerprint density at radius 1 is 1.11 bits per heavy atom. The van der Waals surface area contributed by atoms with Crippen molar-refractivity contribution in [1.29, 1.82) is 0 Å². The van der Waals surface area contributed by atoms with Gasteiger partial charge in [0, 0.05) is 27.5 Å². The van der Waals surface area contributed by atoms with Gasteiger partial charge in [0.25, 0.3) is 0 Å². The van der Waals surface area contributed by atoms with Crippen molar-refractivity contribution in [3.05, 3.63) is 81.5 Å². The van der Waals surface area contributed by atoms with Gasteiger partial charge < -0.3 is 15.0 Å². The van der Waals surface area contributed by atoms with Gasteiger partial charge in [-0.05, 0) is 79.4 Å². The fourth-order valence-corrected chi connectivity index (χ4v) is 4.76. The number of tetrazole rings is 1. The Balaban J connectivity index is 1.65. The van der Waals surface area contributed by atoms with E-state index in [1.54, 1.807) is 36.3 Å². The molecule has 1 N–H and O–H groups in total. The fraction of sp³-hybridized carbons (Fsp3) is 0.296. The third-order valence-corrected chi connectivity index (χ3v) is 6.71. The zero-order chi connectivity index (χ0) is 27.3. The molecule has 1 atom stereocenters. The number of carbonyl (C=O) groups is 2. The van der Waals surface area contributed by atoms with E-state index in [4.69, 9.17) is 16.3 Å². The van der Waals surface area contributed by atoms with Crippen LogP contribution < -0.4 is 10.1 Å². The summed E-state index contributed by atoms with van der Waals surface area (Å²) >= 11 is 7.40. The lowest BCUT2D eigenvalue weighted by Gasteiger charge is -2.33. The summed E-state index contributed by atoms with van der Waals surface area (Å²) < 4.78 is 5.27. The number of aromatic nitrogens is 4. The Labute approximate surface area is 230 Å². The van der Waals surface area contributed by atoms with Gasteiger partial charge in [0.05, 0.1) is 7.11 Å². The molecular formula is C27H29ClN6O3S. The molecule has 2 aromatic heterocycles. The second-order valence-corrected chi connectivity index (χ2v) is 11.1. The molecule has 198 valence electrons. The van der Waals surface area contributed by atoms with E-state index in [1.807, 2.05) is 62.5 Å². The van der Waals surface area contributed by atoms with Crippen molar-refractivity contribution in [3.63, 3.8) is 0 Å². The van der Waals surface area contributed by atoms with Gasteiger partial charge in [-0.25, -0.2) is 0 Å². The number of rotatable bonds is 9. The van der Waals surface area contributed by atoms with Crippen molar-refractivity contribution >= 4 is 34.8 Å². The molecule has 0 unspecified atom stereocenters. The van der Waals surface area contributed by atoms with Crippen molar-refractivity contribution in [1.82, 2.24) is 30.4 Å². The van der Waals surface area contributed by atoms with E-state index in [-0.39, 0.29) is 24.9 Å². The Morgan fingerprint density at radius 3 is 2.42 bits per heavy atom. The Kier molecular flexibility index (Phi) is 8.43. The molecule has 2 heterocycles. The molecule has 0 saturated carbocycles. The first-order valence-electron chi connectivity index (χ1n) is 11.9. The third kappa shape index (κ3) is 6.96. The molecule has 0 radical (unpaired) electrons. The smallest absolute Gasteiger partial charge is 0.248 e. The van der Waals surface area contributed by atoms with E-state index in [2.05, 4.69) is 20.7 Å². The number of thiophene rings is 1. The molecule has 2 amide bonds. The number of methoxy groups -OCH3 is 1. The minimum absolute atomic E-state index is 0.193. The average molecular weight is 553 g/mol. The van der Waals surface area contributed by atoms with Gasteiger partial charge in [-0.3, -0.25) is 9.59 Å². The van der Waals surface area contributed by atoms with Crippen molar-refractivity contribution in [3.8, 4) is 17.1 Å². The lowest BCUT2D eigenvalue weighted by atomic mass is 10.1. The van der Waals surface area contributed by atoms with E-state index < -0.39 is 11.6 Å². The van der Waals surface area contributed by atoms with Gasteiger partial charge in [0.1, 0.15) is 18.3 Å². The van der Waals surface area contributed by atoms with Crippen molar-refractivity contribution < 1.29 is 14.3 Å².